The molecule has 0 saturated heterocycles. The molecule has 0 aliphatic rings. The number of ether oxygens (including phenoxy) is 2. The Balaban J connectivity index is 0. The highest BCUT2D eigenvalue weighted by Crippen LogP contribution is 2.15. The van der Waals surface area contributed by atoms with E-state index < -0.39 is 0 Å². The van der Waals surface area contributed by atoms with Crippen LogP contribution in [0.4, 0.5) is 0 Å². The van der Waals surface area contributed by atoms with Crippen LogP contribution in [0.3, 0.4) is 0 Å². The Morgan fingerprint density at radius 1 is 0.700 bits per heavy atom. The van der Waals surface area contributed by atoms with Crippen LogP contribution >= 0.6 is 0 Å². The highest BCUT2D eigenvalue weighted by atomic mass is 16.5. The summed E-state index contributed by atoms with van der Waals surface area (Å²) in [6, 6.07) is 0. The van der Waals surface area contributed by atoms with Crippen molar-refractivity contribution in [1.82, 2.24) is 0 Å². The summed E-state index contributed by atoms with van der Waals surface area (Å²) >= 11 is 0. The SMILES string of the molecule is C=C(CCCC)OC(=C)CCCCCC.CCOCC. The molecule has 2 nitrogen and oxygen atoms in total. The molecule has 0 radical (unpaired) electrons. The number of hydrogen-bond acceptors (Lipinski definition) is 2. The molecule has 0 aromatic rings. The van der Waals surface area contributed by atoms with E-state index in [9.17, 15) is 0 Å². The fourth-order valence-electron chi connectivity index (χ4n) is 1.63. The monoisotopic (exact) mass is 284 g/mol. The van der Waals surface area contributed by atoms with Crippen LogP contribution in [-0.4, -0.2) is 13.2 Å². The van der Waals surface area contributed by atoms with Crippen LogP contribution < -0.4 is 0 Å². The first kappa shape index (κ1) is 21.5. The predicted molar refractivity (Wildman–Crippen MR) is 89.8 cm³/mol. The normalized spacial score (nSPS) is 9.60. The Hall–Kier alpha value is -0.760. The van der Waals surface area contributed by atoms with Crippen LogP contribution in [-0.2, 0) is 9.47 Å². The molecule has 0 aromatic carbocycles. The molecule has 2 heteroatoms. The van der Waals surface area contributed by atoms with E-state index in [2.05, 4.69) is 27.0 Å². The molecule has 0 unspecified atom stereocenters. The van der Waals surface area contributed by atoms with Gasteiger partial charge in [0, 0.05) is 26.1 Å². The molecule has 0 atom stereocenters. The molecule has 0 saturated carbocycles. The summed E-state index contributed by atoms with van der Waals surface area (Å²) in [6.07, 6.45) is 9.33. The number of hydrogen-bond donors (Lipinski definition) is 0. The van der Waals surface area contributed by atoms with E-state index in [1.54, 1.807) is 0 Å². The summed E-state index contributed by atoms with van der Waals surface area (Å²) in [6.45, 7) is 17.9. The van der Waals surface area contributed by atoms with Crippen molar-refractivity contribution in [2.45, 2.75) is 79.1 Å². The first-order valence-corrected chi connectivity index (χ1v) is 8.23. The summed E-state index contributed by atoms with van der Waals surface area (Å²) in [5, 5.41) is 0. The smallest absolute Gasteiger partial charge is 0.0964 e. The molecule has 0 fully saturated rings. The van der Waals surface area contributed by atoms with Gasteiger partial charge in [-0.3, -0.25) is 0 Å². The number of rotatable bonds is 12. The third-order valence-electron chi connectivity index (χ3n) is 2.82. The van der Waals surface area contributed by atoms with E-state index in [0.29, 0.717) is 0 Å². The first-order valence-electron chi connectivity index (χ1n) is 8.23. The van der Waals surface area contributed by atoms with E-state index in [1.807, 2.05) is 13.8 Å². The summed E-state index contributed by atoms with van der Waals surface area (Å²) < 4.78 is 10.4. The maximum absolute atomic E-state index is 5.54. The van der Waals surface area contributed by atoms with Gasteiger partial charge in [-0.15, -0.1) is 0 Å². The van der Waals surface area contributed by atoms with Crippen molar-refractivity contribution < 1.29 is 9.47 Å². The second-order valence-corrected chi connectivity index (χ2v) is 4.88. The van der Waals surface area contributed by atoms with Gasteiger partial charge in [-0.2, -0.15) is 0 Å². The average Bonchev–Trinajstić information content (AvgIpc) is 2.43. The Morgan fingerprint density at radius 2 is 1.20 bits per heavy atom. The molecule has 0 bridgehead atoms. The van der Waals surface area contributed by atoms with Crippen molar-refractivity contribution in [2.75, 3.05) is 13.2 Å². The van der Waals surface area contributed by atoms with E-state index in [0.717, 1.165) is 44.0 Å². The van der Waals surface area contributed by atoms with Crippen LogP contribution in [0.5, 0.6) is 0 Å². The van der Waals surface area contributed by atoms with E-state index in [1.165, 1.54) is 32.1 Å². The minimum Gasteiger partial charge on any atom is -0.467 e. The summed E-state index contributed by atoms with van der Waals surface area (Å²) in [5.41, 5.74) is 0. The lowest BCUT2D eigenvalue weighted by molar-refractivity contribution is 0.162. The highest BCUT2D eigenvalue weighted by Gasteiger charge is 1.99. The molecule has 120 valence electrons. The fraction of sp³-hybridized carbons (Fsp3) is 0.778. The maximum Gasteiger partial charge on any atom is 0.0964 e. The van der Waals surface area contributed by atoms with Gasteiger partial charge in [0.1, 0.15) is 0 Å². The molecule has 0 aliphatic heterocycles. The lowest BCUT2D eigenvalue weighted by Gasteiger charge is -2.10. The first-order chi connectivity index (χ1) is 9.62. The standard InChI is InChI=1S/C14H26O.C4H10O/c1-5-7-9-10-12-14(4)15-13(3)11-8-6-2;1-3-5-4-2/h3-12H2,1-2H3;3-4H2,1-2H3. The zero-order valence-corrected chi connectivity index (χ0v) is 14.3. The molecular weight excluding hydrogens is 248 g/mol. The molecule has 0 aliphatic carbocycles. The van der Waals surface area contributed by atoms with Crippen molar-refractivity contribution in [3.8, 4) is 0 Å². The predicted octanol–water partition coefficient (Wildman–Crippen LogP) is 6.23. The quantitative estimate of drug-likeness (QED) is 0.312. The molecule has 0 amide bonds. The molecule has 20 heavy (non-hydrogen) atoms. The molecule has 0 N–H and O–H groups in total. The average molecular weight is 284 g/mol. The van der Waals surface area contributed by atoms with Crippen molar-refractivity contribution in [3.63, 3.8) is 0 Å². The Labute approximate surface area is 127 Å². The summed E-state index contributed by atoms with van der Waals surface area (Å²) in [4.78, 5) is 0. The molecule has 0 rings (SSSR count). The second kappa shape index (κ2) is 18.2. The third-order valence-corrected chi connectivity index (χ3v) is 2.82. The molecule has 0 aromatic heterocycles. The van der Waals surface area contributed by atoms with Crippen LogP contribution in [0, 0.1) is 0 Å². The van der Waals surface area contributed by atoms with Crippen LogP contribution in [0.15, 0.2) is 24.7 Å². The van der Waals surface area contributed by atoms with Gasteiger partial charge in [-0.25, -0.2) is 0 Å². The Bertz CT molecular complexity index is 219. The van der Waals surface area contributed by atoms with Crippen molar-refractivity contribution in [3.05, 3.63) is 24.7 Å². The minimum absolute atomic E-state index is 0.844. The number of allylic oxidation sites excluding steroid dienone is 2. The summed E-state index contributed by atoms with van der Waals surface area (Å²) in [7, 11) is 0. The van der Waals surface area contributed by atoms with Crippen LogP contribution in [0.1, 0.15) is 79.1 Å². The van der Waals surface area contributed by atoms with Gasteiger partial charge in [0.15, 0.2) is 0 Å². The topological polar surface area (TPSA) is 18.5 Å². The van der Waals surface area contributed by atoms with Gasteiger partial charge in [0.05, 0.1) is 11.5 Å². The zero-order valence-electron chi connectivity index (χ0n) is 14.3. The van der Waals surface area contributed by atoms with Crippen LogP contribution in [0.2, 0.25) is 0 Å². The van der Waals surface area contributed by atoms with Crippen LogP contribution in [0.25, 0.3) is 0 Å². The molecule has 0 heterocycles. The maximum atomic E-state index is 5.54. The van der Waals surface area contributed by atoms with Gasteiger partial charge < -0.3 is 9.47 Å². The molecular formula is C18H36O2. The fourth-order valence-corrected chi connectivity index (χ4v) is 1.63. The lowest BCUT2D eigenvalue weighted by Crippen LogP contribution is -1.92. The van der Waals surface area contributed by atoms with E-state index in [4.69, 9.17) is 9.47 Å². The summed E-state index contributed by atoms with van der Waals surface area (Å²) in [5.74, 6) is 1.75. The Kier molecular flexibility index (Phi) is 19.6. The molecule has 0 spiro atoms. The van der Waals surface area contributed by atoms with E-state index >= 15 is 0 Å². The van der Waals surface area contributed by atoms with E-state index in [-0.39, 0.29) is 0 Å². The largest absolute Gasteiger partial charge is 0.467 e. The van der Waals surface area contributed by atoms with Crippen molar-refractivity contribution >= 4 is 0 Å². The number of unbranched alkanes of at least 4 members (excludes halogenated alkanes) is 4. The van der Waals surface area contributed by atoms with Crippen molar-refractivity contribution in [1.29, 1.82) is 0 Å². The second-order valence-electron chi connectivity index (χ2n) is 4.88. The van der Waals surface area contributed by atoms with Gasteiger partial charge in [0.2, 0.25) is 0 Å². The van der Waals surface area contributed by atoms with Crippen molar-refractivity contribution in [2.24, 2.45) is 0 Å². The zero-order chi connectivity index (χ0) is 15.6. The highest BCUT2D eigenvalue weighted by molar-refractivity contribution is 4.93. The van der Waals surface area contributed by atoms with Gasteiger partial charge in [0.25, 0.3) is 0 Å². The lowest BCUT2D eigenvalue weighted by atomic mass is 10.1. The van der Waals surface area contributed by atoms with Gasteiger partial charge >= 0.3 is 0 Å². The Morgan fingerprint density at radius 3 is 1.60 bits per heavy atom. The van der Waals surface area contributed by atoms with Gasteiger partial charge in [-0.05, 0) is 26.7 Å². The third kappa shape index (κ3) is 19.6. The minimum atomic E-state index is 0.844. The van der Waals surface area contributed by atoms with Gasteiger partial charge in [-0.1, -0.05) is 52.7 Å².